The van der Waals surface area contributed by atoms with Crippen molar-refractivity contribution < 1.29 is 0 Å². The molecule has 1 atom stereocenters. The van der Waals surface area contributed by atoms with Crippen LogP contribution >= 0.6 is 0 Å². The summed E-state index contributed by atoms with van der Waals surface area (Å²) in [5, 5.41) is 1.37. The van der Waals surface area contributed by atoms with Gasteiger partial charge in [0.2, 0.25) is 0 Å². The molecule has 0 amide bonds. The van der Waals surface area contributed by atoms with Crippen molar-refractivity contribution in [1.82, 2.24) is 4.57 Å². The minimum Gasteiger partial charge on any atom is -0.344 e. The zero-order valence-corrected chi connectivity index (χ0v) is 11.8. The molecule has 0 saturated heterocycles. The number of para-hydroxylation sites is 1. The summed E-state index contributed by atoms with van der Waals surface area (Å²) < 4.78 is 2.31. The van der Waals surface area contributed by atoms with Crippen LogP contribution in [0.25, 0.3) is 23.1 Å². The lowest BCUT2D eigenvalue weighted by atomic mass is 9.90. The van der Waals surface area contributed by atoms with Crippen molar-refractivity contribution in [2.45, 2.75) is 12.8 Å². The SMILES string of the molecule is CC1c2ccccc2C=Cc2c1c1ccccc1n2C. The summed E-state index contributed by atoms with van der Waals surface area (Å²) in [4.78, 5) is 0. The molecule has 2 aromatic carbocycles. The Kier molecular flexibility index (Phi) is 2.37. The third kappa shape index (κ3) is 1.44. The second-order valence-corrected chi connectivity index (χ2v) is 5.56. The predicted octanol–water partition coefficient (Wildman–Crippen LogP) is 4.81. The second-order valence-electron chi connectivity index (χ2n) is 5.56. The van der Waals surface area contributed by atoms with E-state index in [0.717, 1.165) is 0 Å². The van der Waals surface area contributed by atoms with Gasteiger partial charge in [0, 0.05) is 29.6 Å². The Morgan fingerprint density at radius 1 is 0.900 bits per heavy atom. The van der Waals surface area contributed by atoms with E-state index in [-0.39, 0.29) is 0 Å². The van der Waals surface area contributed by atoms with Gasteiger partial charge in [0.15, 0.2) is 0 Å². The first kappa shape index (κ1) is 11.5. The molecule has 98 valence electrons. The van der Waals surface area contributed by atoms with Crippen LogP contribution in [0.1, 0.15) is 35.2 Å². The summed E-state index contributed by atoms with van der Waals surface area (Å²) in [6, 6.07) is 17.4. The maximum Gasteiger partial charge on any atom is 0.0485 e. The van der Waals surface area contributed by atoms with Gasteiger partial charge < -0.3 is 4.57 Å². The normalized spacial score (nSPS) is 16.8. The van der Waals surface area contributed by atoms with Crippen LogP contribution in [0.4, 0.5) is 0 Å². The largest absolute Gasteiger partial charge is 0.344 e. The summed E-state index contributed by atoms with van der Waals surface area (Å²) in [5.74, 6) is 0.419. The Hall–Kier alpha value is -2.28. The van der Waals surface area contributed by atoms with Gasteiger partial charge in [0.25, 0.3) is 0 Å². The molecule has 1 aliphatic rings. The zero-order chi connectivity index (χ0) is 13.7. The molecule has 0 fully saturated rings. The molecule has 0 spiro atoms. The smallest absolute Gasteiger partial charge is 0.0485 e. The number of rotatable bonds is 0. The minimum absolute atomic E-state index is 0.419. The molecule has 0 aliphatic heterocycles. The van der Waals surface area contributed by atoms with Gasteiger partial charge in [-0.25, -0.2) is 0 Å². The van der Waals surface area contributed by atoms with E-state index < -0.39 is 0 Å². The van der Waals surface area contributed by atoms with E-state index in [2.05, 4.69) is 79.2 Å². The average molecular weight is 259 g/mol. The van der Waals surface area contributed by atoms with Crippen LogP contribution in [0.3, 0.4) is 0 Å². The van der Waals surface area contributed by atoms with Crippen LogP contribution in [0.2, 0.25) is 0 Å². The van der Waals surface area contributed by atoms with Gasteiger partial charge in [-0.05, 0) is 28.8 Å². The number of hydrogen-bond acceptors (Lipinski definition) is 0. The van der Waals surface area contributed by atoms with Crippen molar-refractivity contribution in [1.29, 1.82) is 0 Å². The molecule has 0 N–H and O–H groups in total. The fourth-order valence-corrected chi connectivity index (χ4v) is 3.48. The summed E-state index contributed by atoms with van der Waals surface area (Å²) in [7, 11) is 2.16. The molecule has 1 aromatic heterocycles. The summed E-state index contributed by atoms with van der Waals surface area (Å²) in [5.41, 5.74) is 6.84. The molecule has 1 heteroatoms. The summed E-state index contributed by atoms with van der Waals surface area (Å²) >= 11 is 0. The van der Waals surface area contributed by atoms with Crippen LogP contribution in [-0.4, -0.2) is 4.57 Å². The highest BCUT2D eigenvalue weighted by Crippen LogP contribution is 2.39. The Balaban J connectivity index is 2.11. The molecule has 20 heavy (non-hydrogen) atoms. The van der Waals surface area contributed by atoms with Gasteiger partial charge in [-0.2, -0.15) is 0 Å². The third-order valence-electron chi connectivity index (χ3n) is 4.51. The maximum atomic E-state index is 2.32. The standard InChI is InChI=1S/C19H17N/c1-13-15-8-4-3-7-14(15)11-12-18-19(13)16-9-5-6-10-17(16)20(18)2/h3-13H,1-2H3. The number of hydrogen-bond donors (Lipinski definition) is 0. The number of aromatic nitrogens is 1. The number of nitrogens with zero attached hydrogens (tertiary/aromatic N) is 1. The van der Waals surface area contributed by atoms with E-state index in [9.17, 15) is 0 Å². The topological polar surface area (TPSA) is 4.93 Å². The van der Waals surface area contributed by atoms with Crippen molar-refractivity contribution in [3.63, 3.8) is 0 Å². The van der Waals surface area contributed by atoms with Crippen LogP contribution in [0.5, 0.6) is 0 Å². The Bertz CT molecular complexity index is 836. The number of fused-ring (bicyclic) bond motifs is 4. The van der Waals surface area contributed by atoms with Gasteiger partial charge >= 0.3 is 0 Å². The fraction of sp³-hybridized carbons (Fsp3) is 0.158. The molecule has 1 unspecified atom stereocenters. The Morgan fingerprint density at radius 2 is 1.65 bits per heavy atom. The lowest BCUT2D eigenvalue weighted by Crippen LogP contribution is -1.99. The van der Waals surface area contributed by atoms with Gasteiger partial charge in [-0.1, -0.05) is 55.5 Å². The molecular formula is C19H17N. The molecule has 0 saturated carbocycles. The van der Waals surface area contributed by atoms with Gasteiger partial charge in [-0.15, -0.1) is 0 Å². The summed E-state index contributed by atoms with van der Waals surface area (Å²) in [6.07, 6.45) is 4.51. The number of benzene rings is 2. The number of aryl methyl sites for hydroxylation is 1. The Morgan fingerprint density at radius 3 is 2.55 bits per heavy atom. The highest BCUT2D eigenvalue weighted by molar-refractivity contribution is 5.92. The molecule has 0 radical (unpaired) electrons. The minimum atomic E-state index is 0.419. The molecule has 3 aromatic rings. The van der Waals surface area contributed by atoms with E-state index in [1.165, 1.54) is 33.3 Å². The highest BCUT2D eigenvalue weighted by Gasteiger charge is 2.22. The van der Waals surface area contributed by atoms with E-state index in [1.54, 1.807) is 0 Å². The van der Waals surface area contributed by atoms with E-state index in [1.807, 2.05) is 0 Å². The van der Waals surface area contributed by atoms with Gasteiger partial charge in [0.1, 0.15) is 0 Å². The van der Waals surface area contributed by atoms with Crippen molar-refractivity contribution in [3.8, 4) is 0 Å². The third-order valence-corrected chi connectivity index (χ3v) is 4.51. The van der Waals surface area contributed by atoms with Crippen LogP contribution < -0.4 is 0 Å². The van der Waals surface area contributed by atoms with Crippen molar-refractivity contribution in [2.24, 2.45) is 7.05 Å². The molecular weight excluding hydrogens is 242 g/mol. The lowest BCUT2D eigenvalue weighted by molar-refractivity contribution is 0.890. The quantitative estimate of drug-likeness (QED) is 0.546. The van der Waals surface area contributed by atoms with E-state index >= 15 is 0 Å². The van der Waals surface area contributed by atoms with Crippen LogP contribution in [0.15, 0.2) is 48.5 Å². The maximum absolute atomic E-state index is 2.32. The van der Waals surface area contributed by atoms with Crippen LogP contribution in [0, 0.1) is 0 Å². The van der Waals surface area contributed by atoms with Crippen molar-refractivity contribution in [2.75, 3.05) is 0 Å². The molecule has 1 heterocycles. The first-order valence-corrected chi connectivity index (χ1v) is 7.11. The van der Waals surface area contributed by atoms with E-state index in [4.69, 9.17) is 0 Å². The van der Waals surface area contributed by atoms with E-state index in [0.29, 0.717) is 5.92 Å². The van der Waals surface area contributed by atoms with Crippen molar-refractivity contribution in [3.05, 3.63) is 70.9 Å². The average Bonchev–Trinajstić information content (AvgIpc) is 2.68. The van der Waals surface area contributed by atoms with Gasteiger partial charge in [-0.3, -0.25) is 0 Å². The fourth-order valence-electron chi connectivity index (χ4n) is 3.48. The zero-order valence-electron chi connectivity index (χ0n) is 11.8. The first-order chi connectivity index (χ1) is 9.77. The highest BCUT2D eigenvalue weighted by atomic mass is 14.9. The first-order valence-electron chi connectivity index (χ1n) is 7.11. The van der Waals surface area contributed by atoms with Crippen LogP contribution in [-0.2, 0) is 7.05 Å². The molecule has 1 aliphatic carbocycles. The molecule has 0 bridgehead atoms. The summed E-state index contributed by atoms with van der Waals surface area (Å²) in [6.45, 7) is 2.32. The van der Waals surface area contributed by atoms with Gasteiger partial charge in [0.05, 0.1) is 0 Å². The predicted molar refractivity (Wildman–Crippen MR) is 85.8 cm³/mol. The monoisotopic (exact) mass is 259 g/mol. The Labute approximate surface area is 119 Å². The second kappa shape index (κ2) is 4.11. The molecule has 1 nitrogen and oxygen atoms in total. The lowest BCUT2D eigenvalue weighted by Gasteiger charge is -2.13. The van der Waals surface area contributed by atoms with Crippen molar-refractivity contribution >= 4 is 23.1 Å². The molecule has 4 rings (SSSR count).